The fourth-order valence-corrected chi connectivity index (χ4v) is 2.77. The minimum absolute atomic E-state index is 0.0657. The predicted octanol–water partition coefficient (Wildman–Crippen LogP) is 1.34. The van der Waals surface area contributed by atoms with E-state index in [1.54, 1.807) is 4.90 Å². The smallest absolute Gasteiger partial charge is 0.246 e. The fourth-order valence-electron chi connectivity index (χ4n) is 2.77. The third-order valence-electron chi connectivity index (χ3n) is 4.12. The maximum absolute atomic E-state index is 12.4. The number of rotatable bonds is 5. The van der Waals surface area contributed by atoms with Crippen molar-refractivity contribution in [1.29, 1.82) is 0 Å². The number of carbonyl (C=O) groups excluding carboxylic acids is 3. The lowest BCUT2D eigenvalue weighted by Crippen LogP contribution is -2.44. The van der Waals surface area contributed by atoms with Crippen molar-refractivity contribution in [3.05, 3.63) is 29.3 Å². The number of nitrogens with one attached hydrogen (secondary N) is 2. The first kappa shape index (κ1) is 18.0. The highest BCUT2D eigenvalue weighted by atomic mass is 16.2. The van der Waals surface area contributed by atoms with Crippen LogP contribution in [0.2, 0.25) is 0 Å². The number of carbonyl (C=O) groups is 3. The van der Waals surface area contributed by atoms with Crippen LogP contribution in [-0.4, -0.2) is 37.4 Å². The number of fused-ring (bicyclic) bond motifs is 1. The van der Waals surface area contributed by atoms with E-state index in [4.69, 9.17) is 0 Å². The molecule has 2 N–H and O–H groups in total. The Labute approximate surface area is 142 Å². The molecule has 1 aliphatic heterocycles. The summed E-state index contributed by atoms with van der Waals surface area (Å²) in [6.45, 7) is 6.12. The van der Waals surface area contributed by atoms with Gasteiger partial charge in [-0.2, -0.15) is 0 Å². The lowest BCUT2D eigenvalue weighted by atomic mass is 9.95. The summed E-state index contributed by atoms with van der Waals surface area (Å²) >= 11 is 0. The van der Waals surface area contributed by atoms with Gasteiger partial charge in [0.2, 0.25) is 17.7 Å². The minimum Gasteiger partial charge on any atom is -0.347 e. The van der Waals surface area contributed by atoms with Crippen molar-refractivity contribution in [2.45, 2.75) is 39.5 Å². The molecule has 3 amide bonds. The van der Waals surface area contributed by atoms with Crippen LogP contribution in [0.1, 0.15) is 44.2 Å². The topological polar surface area (TPSA) is 78.5 Å². The number of benzene rings is 1. The molecule has 1 aromatic rings. The Hall–Kier alpha value is -2.37. The second kappa shape index (κ2) is 7.95. The summed E-state index contributed by atoms with van der Waals surface area (Å²) < 4.78 is 0. The van der Waals surface area contributed by atoms with E-state index >= 15 is 0 Å². The highest BCUT2D eigenvalue weighted by Gasteiger charge is 2.23. The van der Waals surface area contributed by atoms with Gasteiger partial charge in [0.05, 0.1) is 13.1 Å². The van der Waals surface area contributed by atoms with E-state index in [9.17, 15) is 14.4 Å². The second-order valence-corrected chi connectivity index (χ2v) is 6.38. The van der Waals surface area contributed by atoms with E-state index < -0.39 is 0 Å². The van der Waals surface area contributed by atoms with E-state index in [-0.39, 0.29) is 30.8 Å². The number of nitrogens with zero attached hydrogens (tertiary/aromatic N) is 1. The van der Waals surface area contributed by atoms with Gasteiger partial charge in [0.25, 0.3) is 0 Å². The van der Waals surface area contributed by atoms with Crippen molar-refractivity contribution < 1.29 is 14.4 Å². The number of hydrogen-bond donors (Lipinski definition) is 2. The molecule has 1 aliphatic rings. The molecular formula is C18H25N3O3. The maximum atomic E-state index is 12.4. The van der Waals surface area contributed by atoms with Gasteiger partial charge in [-0.25, -0.2) is 0 Å². The average Bonchev–Trinajstić information content (AvgIpc) is 2.56. The summed E-state index contributed by atoms with van der Waals surface area (Å²) in [5.74, 6) is -0.327. The van der Waals surface area contributed by atoms with Crippen LogP contribution in [-0.2, 0) is 20.8 Å². The largest absolute Gasteiger partial charge is 0.347 e. The molecule has 0 spiro atoms. The fraction of sp³-hybridized carbons (Fsp3) is 0.500. The summed E-state index contributed by atoms with van der Waals surface area (Å²) in [5.41, 5.74) is 3.39. The number of hydrogen-bond acceptors (Lipinski definition) is 3. The summed E-state index contributed by atoms with van der Waals surface area (Å²) in [7, 11) is 0. The van der Waals surface area contributed by atoms with E-state index in [1.165, 1.54) is 18.1 Å². The number of aryl methyl sites for hydroxylation is 1. The summed E-state index contributed by atoms with van der Waals surface area (Å²) in [6.07, 6.45) is 1.88. The molecule has 0 bridgehead atoms. The third kappa shape index (κ3) is 4.57. The molecule has 24 heavy (non-hydrogen) atoms. The van der Waals surface area contributed by atoms with Crippen LogP contribution in [0.15, 0.2) is 18.2 Å². The van der Waals surface area contributed by atoms with Crippen molar-refractivity contribution in [2.75, 3.05) is 24.5 Å². The van der Waals surface area contributed by atoms with Crippen molar-refractivity contribution >= 4 is 23.4 Å². The first-order chi connectivity index (χ1) is 11.4. The Balaban J connectivity index is 1.99. The maximum Gasteiger partial charge on any atom is 0.246 e. The van der Waals surface area contributed by atoms with Gasteiger partial charge in [0.1, 0.15) is 0 Å². The lowest BCUT2D eigenvalue weighted by molar-refractivity contribution is -0.126. The number of anilines is 1. The standard InChI is InChI=1S/C18H25N3O3/c1-12(2)14-6-7-16-15(9-14)5-4-8-21(16)18(24)11-20-17(23)10-19-13(3)22/h6-7,9,12H,4-5,8,10-11H2,1-3H3,(H,19,22)(H,20,23). The quantitative estimate of drug-likeness (QED) is 0.855. The predicted molar refractivity (Wildman–Crippen MR) is 92.9 cm³/mol. The first-order valence-corrected chi connectivity index (χ1v) is 8.32. The summed E-state index contributed by atoms with van der Waals surface area (Å²) in [4.78, 5) is 36.6. The van der Waals surface area contributed by atoms with Gasteiger partial charge in [-0.05, 0) is 36.0 Å². The van der Waals surface area contributed by atoms with Crippen LogP contribution in [0.4, 0.5) is 5.69 Å². The molecule has 1 heterocycles. The molecule has 0 atom stereocenters. The van der Waals surface area contributed by atoms with Gasteiger partial charge < -0.3 is 15.5 Å². The SMILES string of the molecule is CC(=O)NCC(=O)NCC(=O)N1CCCc2cc(C(C)C)ccc21. The molecule has 0 saturated carbocycles. The molecule has 1 aromatic carbocycles. The monoisotopic (exact) mass is 331 g/mol. The molecule has 130 valence electrons. The van der Waals surface area contributed by atoms with Gasteiger partial charge in [-0.3, -0.25) is 14.4 Å². The zero-order chi connectivity index (χ0) is 17.7. The summed E-state index contributed by atoms with van der Waals surface area (Å²) in [6, 6.07) is 6.24. The van der Waals surface area contributed by atoms with E-state index in [0.717, 1.165) is 18.5 Å². The normalized spacial score (nSPS) is 13.4. The third-order valence-corrected chi connectivity index (χ3v) is 4.12. The van der Waals surface area contributed by atoms with Crippen LogP contribution in [0, 0.1) is 0 Å². The molecule has 6 heteroatoms. The van der Waals surface area contributed by atoms with E-state index in [1.807, 2.05) is 6.07 Å². The molecule has 0 aliphatic carbocycles. The zero-order valence-corrected chi connectivity index (χ0v) is 14.5. The molecular weight excluding hydrogens is 306 g/mol. The average molecular weight is 331 g/mol. The minimum atomic E-state index is -0.370. The van der Waals surface area contributed by atoms with E-state index in [2.05, 4.69) is 36.6 Å². The van der Waals surface area contributed by atoms with Crippen LogP contribution in [0.5, 0.6) is 0 Å². The molecule has 0 radical (unpaired) electrons. The van der Waals surface area contributed by atoms with Crippen molar-refractivity contribution in [3.8, 4) is 0 Å². The first-order valence-electron chi connectivity index (χ1n) is 8.32. The van der Waals surface area contributed by atoms with Crippen molar-refractivity contribution in [1.82, 2.24) is 10.6 Å². The molecule has 0 fully saturated rings. The van der Waals surface area contributed by atoms with Crippen LogP contribution in [0.3, 0.4) is 0 Å². The highest BCUT2D eigenvalue weighted by molar-refractivity contribution is 5.98. The van der Waals surface area contributed by atoms with Crippen molar-refractivity contribution in [3.63, 3.8) is 0 Å². The van der Waals surface area contributed by atoms with Gasteiger partial charge in [-0.15, -0.1) is 0 Å². The molecule has 0 unspecified atom stereocenters. The van der Waals surface area contributed by atoms with E-state index in [0.29, 0.717) is 12.5 Å². The van der Waals surface area contributed by atoms with Gasteiger partial charge in [-0.1, -0.05) is 26.0 Å². The van der Waals surface area contributed by atoms with Gasteiger partial charge >= 0.3 is 0 Å². The molecule has 0 saturated heterocycles. The Morgan fingerprint density at radius 1 is 1.17 bits per heavy atom. The number of amides is 3. The van der Waals surface area contributed by atoms with Crippen LogP contribution >= 0.6 is 0 Å². The van der Waals surface area contributed by atoms with Crippen LogP contribution in [0.25, 0.3) is 0 Å². The molecule has 0 aromatic heterocycles. The van der Waals surface area contributed by atoms with Gasteiger partial charge in [0, 0.05) is 19.2 Å². The van der Waals surface area contributed by atoms with Gasteiger partial charge in [0.15, 0.2) is 0 Å². The van der Waals surface area contributed by atoms with Crippen LogP contribution < -0.4 is 15.5 Å². The molecule has 2 rings (SSSR count). The Kier molecular flexibility index (Phi) is 5.95. The van der Waals surface area contributed by atoms with Crippen molar-refractivity contribution in [2.24, 2.45) is 0 Å². The molecule has 6 nitrogen and oxygen atoms in total. The zero-order valence-electron chi connectivity index (χ0n) is 14.5. The Morgan fingerprint density at radius 2 is 1.92 bits per heavy atom. The second-order valence-electron chi connectivity index (χ2n) is 6.38. The Morgan fingerprint density at radius 3 is 2.58 bits per heavy atom. The highest BCUT2D eigenvalue weighted by Crippen LogP contribution is 2.30. The lowest BCUT2D eigenvalue weighted by Gasteiger charge is -2.30. The summed E-state index contributed by atoms with van der Waals surface area (Å²) in [5, 5.41) is 4.96. The Bertz CT molecular complexity index is 640.